The molecule has 0 aliphatic heterocycles. The molecule has 11 heavy (non-hydrogen) atoms. The van der Waals surface area contributed by atoms with Crippen LogP contribution in [0.25, 0.3) is 0 Å². The Balaban J connectivity index is 3.27. The van der Waals surface area contributed by atoms with Gasteiger partial charge in [-0.15, -0.1) is 0 Å². The summed E-state index contributed by atoms with van der Waals surface area (Å²) in [5.74, 6) is 0. The Kier molecular flexibility index (Phi) is 2.07. The Bertz CT molecular complexity index is 228. The van der Waals surface area contributed by atoms with E-state index in [4.69, 9.17) is 0 Å². The van der Waals surface area contributed by atoms with E-state index >= 15 is 0 Å². The van der Waals surface area contributed by atoms with E-state index in [9.17, 15) is 0 Å². The predicted octanol–water partition coefficient (Wildman–Crippen LogP) is 3.40. The standard InChI is InChI=1S/C10H15.Fe/c1-6-7(2)9(4)10(5)8(6)3;/h1-5H3;. The fourth-order valence-electron chi connectivity index (χ4n) is 1.54. The fraction of sp³-hybridized carbons (Fsp3) is 0.600. The molecule has 1 aliphatic carbocycles. The summed E-state index contributed by atoms with van der Waals surface area (Å²) >= 11 is 4.22. The molecule has 1 aliphatic rings. The molecule has 63 valence electrons. The molecular weight excluding hydrogens is 176 g/mol. The van der Waals surface area contributed by atoms with Crippen molar-refractivity contribution in [1.82, 2.24) is 0 Å². The van der Waals surface area contributed by atoms with E-state index < -0.39 is 0 Å². The van der Waals surface area contributed by atoms with Gasteiger partial charge in [-0.3, -0.25) is 0 Å². The Labute approximate surface area is 77.6 Å². The minimum absolute atomic E-state index is 0.0637. The van der Waals surface area contributed by atoms with Crippen LogP contribution in [-0.4, -0.2) is 0 Å². The summed E-state index contributed by atoms with van der Waals surface area (Å²) in [5, 5.41) is 0. The van der Waals surface area contributed by atoms with Gasteiger partial charge >= 0.3 is 77.2 Å². The van der Waals surface area contributed by atoms with Crippen LogP contribution >= 0.6 is 0 Å². The van der Waals surface area contributed by atoms with Crippen LogP contribution in [0.3, 0.4) is 0 Å². The topological polar surface area (TPSA) is 0 Å². The SMILES string of the molecule is CC1=C(C)[C](C)([Fe])C(C)=C1C. The summed E-state index contributed by atoms with van der Waals surface area (Å²) in [6.45, 7) is 10.9. The van der Waals surface area contributed by atoms with Gasteiger partial charge in [0.05, 0.1) is 0 Å². The van der Waals surface area contributed by atoms with Crippen LogP contribution in [0.15, 0.2) is 22.3 Å². The monoisotopic (exact) mass is 191 g/mol. The molecule has 0 amide bonds. The predicted molar refractivity (Wildman–Crippen MR) is 45.1 cm³/mol. The zero-order valence-electron chi connectivity index (χ0n) is 7.85. The molecule has 0 heterocycles. The third-order valence-electron chi connectivity index (χ3n) is 3.08. The molecule has 0 atom stereocenters. The summed E-state index contributed by atoms with van der Waals surface area (Å²) in [5.41, 5.74) is 5.71. The Hall–Kier alpha value is -0.000519. The molecule has 0 fully saturated rings. The summed E-state index contributed by atoms with van der Waals surface area (Å²) in [6.07, 6.45) is 0. The van der Waals surface area contributed by atoms with Gasteiger partial charge in [-0.05, 0) is 0 Å². The van der Waals surface area contributed by atoms with E-state index in [-0.39, 0.29) is 4.31 Å². The fourth-order valence-corrected chi connectivity index (χ4v) is 1.95. The number of hydrogen-bond acceptors (Lipinski definition) is 0. The third kappa shape index (κ3) is 1.11. The molecule has 0 aromatic carbocycles. The molecule has 0 radical (unpaired) electrons. The van der Waals surface area contributed by atoms with Crippen molar-refractivity contribution in [1.29, 1.82) is 0 Å². The zero-order chi connectivity index (χ0) is 8.81. The van der Waals surface area contributed by atoms with E-state index in [1.165, 1.54) is 22.3 Å². The van der Waals surface area contributed by atoms with E-state index in [1.54, 1.807) is 0 Å². The number of rotatable bonds is 0. The van der Waals surface area contributed by atoms with Crippen LogP contribution in [0.2, 0.25) is 4.31 Å². The van der Waals surface area contributed by atoms with Gasteiger partial charge in [-0.1, -0.05) is 0 Å². The van der Waals surface area contributed by atoms with Crippen LogP contribution in [0.4, 0.5) is 0 Å². The number of hydrogen-bond donors (Lipinski definition) is 0. The molecule has 0 aromatic rings. The number of allylic oxidation sites excluding steroid dienone is 4. The van der Waals surface area contributed by atoms with E-state index in [0.29, 0.717) is 0 Å². The van der Waals surface area contributed by atoms with Gasteiger partial charge in [-0.2, -0.15) is 0 Å². The van der Waals surface area contributed by atoms with Crippen molar-refractivity contribution < 1.29 is 16.0 Å². The quantitative estimate of drug-likeness (QED) is 0.514. The molecule has 0 aromatic heterocycles. The van der Waals surface area contributed by atoms with Gasteiger partial charge in [0.1, 0.15) is 0 Å². The van der Waals surface area contributed by atoms with E-state index in [1.807, 2.05) is 0 Å². The van der Waals surface area contributed by atoms with Crippen molar-refractivity contribution in [2.45, 2.75) is 38.9 Å². The van der Waals surface area contributed by atoms with Crippen LogP contribution in [0.5, 0.6) is 0 Å². The van der Waals surface area contributed by atoms with Crippen molar-refractivity contribution in [3.05, 3.63) is 22.3 Å². The van der Waals surface area contributed by atoms with Gasteiger partial charge in [-0.25, -0.2) is 0 Å². The molecule has 0 N–H and O–H groups in total. The first-order valence-corrected chi connectivity index (χ1v) is 4.48. The minimum atomic E-state index is 0.0637. The van der Waals surface area contributed by atoms with Crippen LogP contribution < -0.4 is 0 Å². The molecule has 1 heteroatoms. The maximum absolute atomic E-state index is 4.22. The first-order valence-electron chi connectivity index (χ1n) is 3.93. The molecule has 0 saturated carbocycles. The van der Waals surface area contributed by atoms with Crippen LogP contribution in [0.1, 0.15) is 34.6 Å². The molecule has 0 saturated heterocycles. The van der Waals surface area contributed by atoms with Crippen LogP contribution in [0, 0.1) is 0 Å². The van der Waals surface area contributed by atoms with Crippen LogP contribution in [-0.2, 0) is 16.0 Å². The van der Waals surface area contributed by atoms with E-state index in [2.05, 4.69) is 50.6 Å². The summed E-state index contributed by atoms with van der Waals surface area (Å²) in [6, 6.07) is 0. The maximum atomic E-state index is 4.22. The molecule has 1 rings (SSSR count). The Morgan fingerprint density at radius 2 is 1.18 bits per heavy atom. The second-order valence-corrected chi connectivity index (χ2v) is 4.58. The summed E-state index contributed by atoms with van der Waals surface area (Å²) in [7, 11) is 0. The van der Waals surface area contributed by atoms with Gasteiger partial charge in [0, 0.05) is 0 Å². The summed E-state index contributed by atoms with van der Waals surface area (Å²) < 4.78 is 0.0637. The van der Waals surface area contributed by atoms with Gasteiger partial charge in [0.15, 0.2) is 0 Å². The first-order chi connectivity index (χ1) is 4.89. The molecule has 0 spiro atoms. The van der Waals surface area contributed by atoms with Gasteiger partial charge in [0.25, 0.3) is 0 Å². The summed E-state index contributed by atoms with van der Waals surface area (Å²) in [4.78, 5) is 0. The average molecular weight is 191 g/mol. The van der Waals surface area contributed by atoms with Gasteiger partial charge in [0.2, 0.25) is 0 Å². The van der Waals surface area contributed by atoms with Crippen molar-refractivity contribution in [2.75, 3.05) is 0 Å². The van der Waals surface area contributed by atoms with Crippen molar-refractivity contribution in [2.24, 2.45) is 0 Å². The normalized spacial score (nSPS) is 23.5. The second kappa shape index (κ2) is 2.50. The second-order valence-electron chi connectivity index (χ2n) is 3.48. The van der Waals surface area contributed by atoms with Crippen molar-refractivity contribution in [3.63, 3.8) is 0 Å². The van der Waals surface area contributed by atoms with Gasteiger partial charge < -0.3 is 0 Å². The molecular formula is C10H15Fe. The zero-order valence-corrected chi connectivity index (χ0v) is 8.96. The average Bonchev–Trinajstić information content (AvgIpc) is 2.06. The molecule has 0 nitrogen and oxygen atoms in total. The molecule has 0 bridgehead atoms. The Morgan fingerprint density at radius 1 is 0.909 bits per heavy atom. The first kappa shape index (κ1) is 9.09. The Morgan fingerprint density at radius 3 is 1.27 bits per heavy atom. The molecule has 0 unspecified atom stereocenters. The third-order valence-corrected chi connectivity index (χ3v) is 3.91. The van der Waals surface area contributed by atoms with Crippen molar-refractivity contribution >= 4 is 0 Å². The van der Waals surface area contributed by atoms with E-state index in [0.717, 1.165) is 0 Å². The van der Waals surface area contributed by atoms with Crippen molar-refractivity contribution in [3.8, 4) is 0 Å².